The van der Waals surface area contributed by atoms with Crippen LogP contribution in [0, 0.1) is 0 Å². The van der Waals surface area contributed by atoms with E-state index in [1.54, 1.807) is 0 Å². The lowest BCUT2D eigenvalue weighted by Gasteiger charge is -2.03. The molecule has 90 valence electrons. The summed E-state index contributed by atoms with van der Waals surface area (Å²) in [7, 11) is 0. The molecule has 0 fully saturated rings. The van der Waals surface area contributed by atoms with Gasteiger partial charge in [-0.05, 0) is 36.1 Å². The molecular formula is C18H18. The largest absolute Gasteiger partial charge is 0.0958 e. The lowest BCUT2D eigenvalue weighted by atomic mass is 10.0. The number of benzene rings is 2. The minimum Gasteiger partial charge on any atom is -0.0958 e. The maximum Gasteiger partial charge on any atom is -0.0184 e. The molecule has 0 radical (unpaired) electrons. The summed E-state index contributed by atoms with van der Waals surface area (Å²) in [5.74, 6) is 0. The Hall–Kier alpha value is -2.08. The topological polar surface area (TPSA) is 0 Å². The van der Waals surface area contributed by atoms with Gasteiger partial charge in [-0.2, -0.15) is 0 Å². The Morgan fingerprint density at radius 2 is 1.39 bits per heavy atom. The van der Waals surface area contributed by atoms with E-state index in [-0.39, 0.29) is 0 Å². The standard InChI is InChI=1S/C18H18/c1-14(2)15(3)13-16-9-11-18(12-10-16)17-7-5-4-6-8-17/h4-13H,1H2,2-3H3/b15-13+. The summed E-state index contributed by atoms with van der Waals surface area (Å²) in [5.41, 5.74) is 6.06. The van der Waals surface area contributed by atoms with Crippen molar-refractivity contribution < 1.29 is 0 Å². The van der Waals surface area contributed by atoms with Crippen molar-refractivity contribution in [2.45, 2.75) is 13.8 Å². The second-order valence-corrected chi connectivity index (χ2v) is 4.60. The van der Waals surface area contributed by atoms with Crippen LogP contribution in [0.2, 0.25) is 0 Å². The van der Waals surface area contributed by atoms with E-state index >= 15 is 0 Å². The van der Waals surface area contributed by atoms with Crippen molar-refractivity contribution in [2.75, 3.05) is 0 Å². The highest BCUT2D eigenvalue weighted by Gasteiger charge is 1.96. The Balaban J connectivity index is 2.26. The smallest absolute Gasteiger partial charge is 0.0184 e. The average Bonchev–Trinajstić information content (AvgIpc) is 2.40. The molecule has 0 aliphatic heterocycles. The molecule has 2 rings (SSSR count). The Morgan fingerprint density at radius 1 is 0.833 bits per heavy atom. The van der Waals surface area contributed by atoms with Gasteiger partial charge in [-0.25, -0.2) is 0 Å². The average molecular weight is 234 g/mol. The molecule has 0 saturated carbocycles. The van der Waals surface area contributed by atoms with Gasteiger partial charge in [0.05, 0.1) is 0 Å². The molecule has 0 atom stereocenters. The van der Waals surface area contributed by atoms with Gasteiger partial charge in [-0.1, -0.05) is 72.8 Å². The summed E-state index contributed by atoms with van der Waals surface area (Å²) < 4.78 is 0. The van der Waals surface area contributed by atoms with E-state index in [1.165, 1.54) is 22.3 Å². The summed E-state index contributed by atoms with van der Waals surface area (Å²) in [5, 5.41) is 0. The van der Waals surface area contributed by atoms with E-state index in [2.05, 4.69) is 68.1 Å². The van der Waals surface area contributed by atoms with Crippen LogP contribution in [0.4, 0.5) is 0 Å². The Kier molecular flexibility index (Phi) is 3.78. The van der Waals surface area contributed by atoms with Crippen molar-refractivity contribution in [3.63, 3.8) is 0 Å². The van der Waals surface area contributed by atoms with Crippen molar-refractivity contribution in [1.29, 1.82) is 0 Å². The van der Waals surface area contributed by atoms with E-state index in [0.717, 1.165) is 5.57 Å². The molecule has 0 heteroatoms. The van der Waals surface area contributed by atoms with Gasteiger partial charge in [0, 0.05) is 0 Å². The second kappa shape index (κ2) is 5.50. The van der Waals surface area contributed by atoms with Crippen LogP contribution in [-0.4, -0.2) is 0 Å². The van der Waals surface area contributed by atoms with Crippen molar-refractivity contribution in [1.82, 2.24) is 0 Å². The molecule has 0 aromatic heterocycles. The van der Waals surface area contributed by atoms with Gasteiger partial charge < -0.3 is 0 Å². The third kappa shape index (κ3) is 2.98. The molecule has 0 N–H and O–H groups in total. The first-order valence-corrected chi connectivity index (χ1v) is 6.16. The van der Waals surface area contributed by atoms with Crippen LogP contribution in [-0.2, 0) is 0 Å². The van der Waals surface area contributed by atoms with E-state index < -0.39 is 0 Å². The number of allylic oxidation sites excluding steroid dienone is 2. The Morgan fingerprint density at radius 3 is 1.94 bits per heavy atom. The molecule has 0 heterocycles. The van der Waals surface area contributed by atoms with Gasteiger partial charge in [0.25, 0.3) is 0 Å². The van der Waals surface area contributed by atoms with Crippen molar-refractivity contribution in [3.8, 4) is 11.1 Å². The predicted molar refractivity (Wildman–Crippen MR) is 80.3 cm³/mol. The number of hydrogen-bond donors (Lipinski definition) is 0. The van der Waals surface area contributed by atoms with Crippen LogP contribution in [0.25, 0.3) is 17.2 Å². The maximum absolute atomic E-state index is 3.95. The lowest BCUT2D eigenvalue weighted by Crippen LogP contribution is -1.80. The van der Waals surface area contributed by atoms with E-state index in [4.69, 9.17) is 0 Å². The number of hydrogen-bond acceptors (Lipinski definition) is 0. The molecule has 2 aromatic carbocycles. The van der Waals surface area contributed by atoms with Crippen LogP contribution < -0.4 is 0 Å². The van der Waals surface area contributed by atoms with Crippen LogP contribution in [0.15, 0.2) is 72.3 Å². The highest BCUT2D eigenvalue weighted by molar-refractivity contribution is 5.66. The van der Waals surface area contributed by atoms with Gasteiger partial charge in [-0.15, -0.1) is 0 Å². The SMILES string of the molecule is C=C(C)/C(C)=C/c1ccc(-c2ccccc2)cc1. The van der Waals surface area contributed by atoms with Gasteiger partial charge in [0.2, 0.25) is 0 Å². The van der Waals surface area contributed by atoms with Crippen LogP contribution in [0.1, 0.15) is 19.4 Å². The molecular weight excluding hydrogens is 216 g/mol. The van der Waals surface area contributed by atoms with E-state index in [1.807, 2.05) is 13.0 Å². The van der Waals surface area contributed by atoms with Gasteiger partial charge in [0.1, 0.15) is 0 Å². The molecule has 0 bridgehead atoms. The first-order valence-electron chi connectivity index (χ1n) is 6.16. The molecule has 0 saturated heterocycles. The van der Waals surface area contributed by atoms with Gasteiger partial charge >= 0.3 is 0 Å². The highest BCUT2D eigenvalue weighted by Crippen LogP contribution is 2.20. The second-order valence-electron chi connectivity index (χ2n) is 4.60. The third-order valence-electron chi connectivity index (χ3n) is 3.07. The van der Waals surface area contributed by atoms with Crippen LogP contribution >= 0.6 is 0 Å². The van der Waals surface area contributed by atoms with E-state index in [9.17, 15) is 0 Å². The zero-order chi connectivity index (χ0) is 13.0. The molecule has 18 heavy (non-hydrogen) atoms. The third-order valence-corrected chi connectivity index (χ3v) is 3.07. The highest BCUT2D eigenvalue weighted by atomic mass is 14.0. The summed E-state index contributed by atoms with van der Waals surface area (Å²) in [6.07, 6.45) is 2.16. The first kappa shape index (κ1) is 12.4. The normalized spacial score (nSPS) is 11.3. The van der Waals surface area contributed by atoms with Crippen molar-refractivity contribution in [2.24, 2.45) is 0 Å². The monoisotopic (exact) mass is 234 g/mol. The quantitative estimate of drug-likeness (QED) is 0.629. The molecule has 0 amide bonds. The van der Waals surface area contributed by atoms with Crippen molar-refractivity contribution in [3.05, 3.63) is 77.9 Å². The zero-order valence-electron chi connectivity index (χ0n) is 11.0. The molecule has 0 aliphatic carbocycles. The summed E-state index contributed by atoms with van der Waals surface area (Å²) in [6.45, 7) is 8.07. The van der Waals surface area contributed by atoms with Crippen LogP contribution in [0.3, 0.4) is 0 Å². The summed E-state index contributed by atoms with van der Waals surface area (Å²) in [4.78, 5) is 0. The minimum atomic E-state index is 1.11. The predicted octanol–water partition coefficient (Wildman–Crippen LogP) is 5.33. The maximum atomic E-state index is 3.95. The van der Waals surface area contributed by atoms with Gasteiger partial charge in [-0.3, -0.25) is 0 Å². The van der Waals surface area contributed by atoms with Crippen LogP contribution in [0.5, 0.6) is 0 Å². The molecule has 0 nitrogen and oxygen atoms in total. The Bertz CT molecular complexity index is 557. The van der Waals surface area contributed by atoms with Gasteiger partial charge in [0.15, 0.2) is 0 Å². The zero-order valence-corrected chi connectivity index (χ0v) is 11.0. The molecule has 0 unspecified atom stereocenters. The summed E-state index contributed by atoms with van der Waals surface area (Å²) in [6, 6.07) is 19.0. The summed E-state index contributed by atoms with van der Waals surface area (Å²) >= 11 is 0. The van der Waals surface area contributed by atoms with E-state index in [0.29, 0.717) is 0 Å². The minimum absolute atomic E-state index is 1.11. The fourth-order valence-corrected chi connectivity index (χ4v) is 1.78. The molecule has 2 aromatic rings. The Labute approximate surface area is 109 Å². The fraction of sp³-hybridized carbons (Fsp3) is 0.111. The molecule has 0 spiro atoms. The lowest BCUT2D eigenvalue weighted by molar-refractivity contribution is 1.38. The van der Waals surface area contributed by atoms with Crippen molar-refractivity contribution >= 4 is 6.08 Å². The number of rotatable bonds is 3. The fourth-order valence-electron chi connectivity index (χ4n) is 1.78. The first-order chi connectivity index (χ1) is 8.66. The molecule has 0 aliphatic rings.